The summed E-state index contributed by atoms with van der Waals surface area (Å²) >= 11 is 5.59. The number of nitrogens with zero attached hydrogens (tertiary/aromatic N) is 2. The van der Waals surface area contributed by atoms with E-state index in [2.05, 4.69) is 21.4 Å². The van der Waals surface area contributed by atoms with Gasteiger partial charge in [0, 0.05) is 13.0 Å². The van der Waals surface area contributed by atoms with Gasteiger partial charge in [0.15, 0.2) is 5.15 Å². The Morgan fingerprint density at radius 1 is 1.36 bits per heavy atom. The first-order valence-electron chi connectivity index (χ1n) is 4.49. The first kappa shape index (κ1) is 10.8. The first-order valence-corrected chi connectivity index (χ1v) is 4.87. The lowest BCUT2D eigenvalue weighted by Gasteiger charge is -2.02. The Morgan fingerprint density at radius 2 is 2.21 bits per heavy atom. The molecule has 0 aromatic carbocycles. The minimum Gasteiger partial charge on any atom is -0.369 e. The van der Waals surface area contributed by atoms with Crippen molar-refractivity contribution in [2.24, 2.45) is 0 Å². The third-order valence-electron chi connectivity index (χ3n) is 1.69. The number of halogens is 1. The van der Waals surface area contributed by atoms with Gasteiger partial charge in [0.25, 0.3) is 0 Å². The number of unbranched alkanes of at least 4 members (excludes halogenated alkanes) is 2. The molecular formula is C10H12ClN3. The molecule has 0 atom stereocenters. The molecule has 0 spiro atoms. The van der Waals surface area contributed by atoms with Crippen molar-refractivity contribution < 1.29 is 0 Å². The number of hydrogen-bond donors (Lipinski definition) is 1. The lowest BCUT2D eigenvalue weighted by molar-refractivity contribution is 0.785. The SMILES string of the molecule is C#CCCCCNc1ccc(Cl)nn1. The molecule has 74 valence electrons. The Bertz CT molecular complexity index is 302. The highest BCUT2D eigenvalue weighted by atomic mass is 35.5. The zero-order valence-electron chi connectivity index (χ0n) is 7.83. The van der Waals surface area contributed by atoms with E-state index < -0.39 is 0 Å². The predicted molar refractivity (Wildman–Crippen MR) is 58.2 cm³/mol. The van der Waals surface area contributed by atoms with Crippen LogP contribution in [0.5, 0.6) is 0 Å². The van der Waals surface area contributed by atoms with Crippen molar-refractivity contribution in [1.82, 2.24) is 10.2 Å². The van der Waals surface area contributed by atoms with Crippen molar-refractivity contribution >= 4 is 17.4 Å². The third kappa shape index (κ3) is 4.11. The summed E-state index contributed by atoms with van der Waals surface area (Å²) in [5.41, 5.74) is 0. The molecule has 4 heteroatoms. The quantitative estimate of drug-likeness (QED) is 0.598. The molecule has 0 aliphatic heterocycles. The van der Waals surface area contributed by atoms with Gasteiger partial charge in [-0.3, -0.25) is 0 Å². The fourth-order valence-electron chi connectivity index (χ4n) is 0.979. The highest BCUT2D eigenvalue weighted by Gasteiger charge is 1.93. The van der Waals surface area contributed by atoms with E-state index in [4.69, 9.17) is 18.0 Å². The minimum atomic E-state index is 0.405. The molecule has 0 unspecified atom stereocenters. The largest absolute Gasteiger partial charge is 0.369 e. The fourth-order valence-corrected chi connectivity index (χ4v) is 1.08. The summed E-state index contributed by atoms with van der Waals surface area (Å²) < 4.78 is 0. The molecule has 0 radical (unpaired) electrons. The molecule has 0 saturated carbocycles. The highest BCUT2D eigenvalue weighted by molar-refractivity contribution is 6.29. The monoisotopic (exact) mass is 209 g/mol. The maximum absolute atomic E-state index is 5.59. The van der Waals surface area contributed by atoms with Crippen LogP contribution in [-0.4, -0.2) is 16.7 Å². The van der Waals surface area contributed by atoms with Crippen molar-refractivity contribution in [2.75, 3.05) is 11.9 Å². The second-order valence-electron chi connectivity index (χ2n) is 2.83. The van der Waals surface area contributed by atoms with Crippen molar-refractivity contribution in [2.45, 2.75) is 19.3 Å². The van der Waals surface area contributed by atoms with Gasteiger partial charge < -0.3 is 5.32 Å². The number of aromatic nitrogens is 2. The molecule has 0 saturated heterocycles. The molecule has 0 bridgehead atoms. The normalized spacial score (nSPS) is 9.43. The molecule has 1 aromatic rings. The molecule has 3 nitrogen and oxygen atoms in total. The van der Waals surface area contributed by atoms with Crippen LogP contribution in [0, 0.1) is 12.3 Å². The lowest BCUT2D eigenvalue weighted by atomic mass is 10.2. The van der Waals surface area contributed by atoms with E-state index in [1.165, 1.54) is 0 Å². The van der Waals surface area contributed by atoms with Gasteiger partial charge in [-0.15, -0.1) is 22.5 Å². The van der Waals surface area contributed by atoms with Gasteiger partial charge in [0.1, 0.15) is 5.82 Å². The Labute approximate surface area is 88.9 Å². The molecule has 0 aliphatic carbocycles. The van der Waals surface area contributed by atoms with Crippen LogP contribution in [0.2, 0.25) is 5.15 Å². The molecular weight excluding hydrogens is 198 g/mol. The van der Waals surface area contributed by atoms with Gasteiger partial charge in [0.2, 0.25) is 0 Å². The Kier molecular flexibility index (Phi) is 4.81. The second kappa shape index (κ2) is 6.22. The van der Waals surface area contributed by atoms with E-state index in [0.29, 0.717) is 5.15 Å². The van der Waals surface area contributed by atoms with Crippen LogP contribution in [0.1, 0.15) is 19.3 Å². The molecule has 0 fully saturated rings. The predicted octanol–water partition coefficient (Wildman–Crippen LogP) is 2.35. The topological polar surface area (TPSA) is 37.8 Å². The third-order valence-corrected chi connectivity index (χ3v) is 1.89. The Balaban J connectivity index is 2.19. The summed E-state index contributed by atoms with van der Waals surface area (Å²) in [7, 11) is 0. The molecule has 14 heavy (non-hydrogen) atoms. The van der Waals surface area contributed by atoms with Gasteiger partial charge in [-0.2, -0.15) is 0 Å². The van der Waals surface area contributed by atoms with Crippen LogP contribution in [0.15, 0.2) is 12.1 Å². The Hall–Kier alpha value is -1.27. The van der Waals surface area contributed by atoms with Gasteiger partial charge in [-0.05, 0) is 25.0 Å². The van der Waals surface area contributed by atoms with Crippen LogP contribution in [0.25, 0.3) is 0 Å². The number of anilines is 1. The summed E-state index contributed by atoms with van der Waals surface area (Å²) in [6.07, 6.45) is 8.03. The van der Waals surface area contributed by atoms with E-state index >= 15 is 0 Å². The highest BCUT2D eigenvalue weighted by Crippen LogP contribution is 2.06. The average Bonchev–Trinajstić information content (AvgIpc) is 2.21. The van der Waals surface area contributed by atoms with Crippen LogP contribution >= 0.6 is 11.6 Å². The van der Waals surface area contributed by atoms with Crippen LogP contribution in [0.4, 0.5) is 5.82 Å². The zero-order chi connectivity index (χ0) is 10.2. The van der Waals surface area contributed by atoms with E-state index in [1.54, 1.807) is 12.1 Å². The summed E-state index contributed by atoms with van der Waals surface area (Å²) in [4.78, 5) is 0. The summed E-state index contributed by atoms with van der Waals surface area (Å²) in [5.74, 6) is 3.35. The average molecular weight is 210 g/mol. The van der Waals surface area contributed by atoms with Crippen molar-refractivity contribution in [1.29, 1.82) is 0 Å². The van der Waals surface area contributed by atoms with Gasteiger partial charge >= 0.3 is 0 Å². The molecule has 1 N–H and O–H groups in total. The molecule has 1 heterocycles. The van der Waals surface area contributed by atoms with E-state index in [9.17, 15) is 0 Å². The zero-order valence-corrected chi connectivity index (χ0v) is 8.59. The minimum absolute atomic E-state index is 0.405. The van der Waals surface area contributed by atoms with Crippen molar-refractivity contribution in [3.63, 3.8) is 0 Å². The number of hydrogen-bond acceptors (Lipinski definition) is 3. The summed E-state index contributed by atoms with van der Waals surface area (Å²) in [6.45, 7) is 0.859. The van der Waals surface area contributed by atoms with E-state index in [0.717, 1.165) is 31.6 Å². The van der Waals surface area contributed by atoms with Crippen LogP contribution < -0.4 is 5.32 Å². The van der Waals surface area contributed by atoms with Crippen LogP contribution in [-0.2, 0) is 0 Å². The lowest BCUT2D eigenvalue weighted by Crippen LogP contribution is -2.03. The smallest absolute Gasteiger partial charge is 0.151 e. The van der Waals surface area contributed by atoms with Crippen molar-refractivity contribution in [3.8, 4) is 12.3 Å². The van der Waals surface area contributed by atoms with E-state index in [-0.39, 0.29) is 0 Å². The number of nitrogens with one attached hydrogen (secondary N) is 1. The standard InChI is InChI=1S/C10H12ClN3/c1-2-3-4-5-8-12-10-7-6-9(11)13-14-10/h1,6-7H,3-5,8H2,(H,12,14). The fraction of sp³-hybridized carbons (Fsp3) is 0.400. The maximum atomic E-state index is 5.59. The summed E-state index contributed by atoms with van der Waals surface area (Å²) in [6, 6.07) is 3.51. The maximum Gasteiger partial charge on any atom is 0.151 e. The van der Waals surface area contributed by atoms with Gasteiger partial charge in [0.05, 0.1) is 0 Å². The molecule has 0 amide bonds. The molecule has 0 aliphatic rings. The molecule has 1 rings (SSSR count). The summed E-state index contributed by atoms with van der Waals surface area (Å²) in [5, 5.41) is 11.1. The Morgan fingerprint density at radius 3 is 2.86 bits per heavy atom. The van der Waals surface area contributed by atoms with Crippen molar-refractivity contribution in [3.05, 3.63) is 17.3 Å². The van der Waals surface area contributed by atoms with Crippen LogP contribution in [0.3, 0.4) is 0 Å². The second-order valence-corrected chi connectivity index (χ2v) is 3.22. The number of rotatable bonds is 5. The van der Waals surface area contributed by atoms with Gasteiger partial charge in [-0.25, -0.2) is 0 Å². The first-order chi connectivity index (χ1) is 6.83. The number of terminal acetylenes is 1. The molecule has 1 aromatic heterocycles. The van der Waals surface area contributed by atoms with E-state index in [1.807, 2.05) is 0 Å². The van der Waals surface area contributed by atoms with Gasteiger partial charge in [-0.1, -0.05) is 11.6 Å².